The molecule has 0 aliphatic carbocycles. The number of pyridine rings is 1. The predicted molar refractivity (Wildman–Crippen MR) is 72.7 cm³/mol. The van der Waals surface area contributed by atoms with Crippen molar-refractivity contribution in [3.05, 3.63) is 41.6 Å². The summed E-state index contributed by atoms with van der Waals surface area (Å²) in [5.74, 6) is 0. The molecule has 1 aromatic heterocycles. The third kappa shape index (κ3) is 2.24. The topological polar surface area (TPSA) is 34.1 Å². The molecule has 18 heavy (non-hydrogen) atoms. The van der Waals surface area contributed by atoms with Gasteiger partial charge in [0, 0.05) is 18.2 Å². The molecule has 1 aromatic carbocycles. The van der Waals surface area contributed by atoms with Crippen LogP contribution < -0.4 is 5.32 Å². The number of rotatable bonds is 1. The van der Waals surface area contributed by atoms with Crippen molar-refractivity contribution in [1.82, 2.24) is 10.3 Å². The van der Waals surface area contributed by atoms with Crippen molar-refractivity contribution >= 4 is 10.9 Å². The number of hydrogen-bond donors (Lipinski definition) is 1. The van der Waals surface area contributed by atoms with E-state index < -0.39 is 0 Å². The van der Waals surface area contributed by atoms with Gasteiger partial charge in [-0.25, -0.2) is 0 Å². The fourth-order valence-corrected chi connectivity index (χ4v) is 2.50. The number of nitrogens with zero attached hydrogens (tertiary/aromatic N) is 1. The Balaban J connectivity index is 2.06. The summed E-state index contributed by atoms with van der Waals surface area (Å²) >= 11 is 0. The lowest BCUT2D eigenvalue weighted by molar-refractivity contribution is 0.132. The molecule has 0 saturated carbocycles. The van der Waals surface area contributed by atoms with Gasteiger partial charge in [0.2, 0.25) is 0 Å². The van der Waals surface area contributed by atoms with E-state index in [2.05, 4.69) is 41.5 Å². The fraction of sp³-hybridized carbons (Fsp3) is 0.400. The van der Waals surface area contributed by atoms with Crippen LogP contribution in [-0.4, -0.2) is 24.7 Å². The van der Waals surface area contributed by atoms with Gasteiger partial charge in [0.25, 0.3) is 0 Å². The van der Waals surface area contributed by atoms with Gasteiger partial charge in [-0.3, -0.25) is 4.98 Å². The summed E-state index contributed by atoms with van der Waals surface area (Å²) in [6.45, 7) is 4.73. The SMILES string of the molecule is Cc1ccc2nccc(C3COCCCN3)c2c1. The van der Waals surface area contributed by atoms with Crippen molar-refractivity contribution in [2.75, 3.05) is 19.8 Å². The molecule has 94 valence electrons. The Morgan fingerprint density at radius 3 is 3.22 bits per heavy atom. The Kier molecular flexibility index (Phi) is 3.26. The molecule has 1 unspecified atom stereocenters. The zero-order valence-corrected chi connectivity index (χ0v) is 10.6. The first-order valence-corrected chi connectivity index (χ1v) is 6.51. The normalized spacial score (nSPS) is 20.8. The summed E-state index contributed by atoms with van der Waals surface area (Å²) in [5, 5.41) is 4.79. The first-order chi connectivity index (χ1) is 8.84. The monoisotopic (exact) mass is 242 g/mol. The molecule has 2 aromatic rings. The second-order valence-corrected chi connectivity index (χ2v) is 4.86. The minimum Gasteiger partial charge on any atom is -0.379 e. The van der Waals surface area contributed by atoms with Crippen LogP contribution in [0.3, 0.4) is 0 Å². The molecule has 0 radical (unpaired) electrons. The number of hydrogen-bond acceptors (Lipinski definition) is 3. The Hall–Kier alpha value is -1.45. The van der Waals surface area contributed by atoms with Gasteiger partial charge in [-0.05, 0) is 43.7 Å². The Morgan fingerprint density at radius 1 is 1.33 bits per heavy atom. The highest BCUT2D eigenvalue weighted by atomic mass is 16.5. The average molecular weight is 242 g/mol. The van der Waals surface area contributed by atoms with Crippen molar-refractivity contribution in [1.29, 1.82) is 0 Å². The van der Waals surface area contributed by atoms with Gasteiger partial charge in [0.1, 0.15) is 0 Å². The van der Waals surface area contributed by atoms with Gasteiger partial charge in [0.05, 0.1) is 18.2 Å². The standard InChI is InChI=1S/C15H18N2O/c1-11-3-4-14-13(9-11)12(5-7-17-14)15-10-18-8-2-6-16-15/h3-5,7,9,15-16H,2,6,8,10H2,1H3. The van der Waals surface area contributed by atoms with Crippen molar-refractivity contribution in [3.8, 4) is 0 Å². The molecule has 1 atom stereocenters. The van der Waals surface area contributed by atoms with E-state index in [0.717, 1.165) is 31.7 Å². The van der Waals surface area contributed by atoms with E-state index in [1.54, 1.807) is 0 Å². The second kappa shape index (κ2) is 5.04. The molecule has 0 spiro atoms. The molecular weight excluding hydrogens is 224 g/mol. The Bertz CT molecular complexity index is 545. The fourth-order valence-electron chi connectivity index (χ4n) is 2.50. The quantitative estimate of drug-likeness (QED) is 0.834. The molecular formula is C15H18N2O. The first kappa shape index (κ1) is 11.6. The number of aryl methyl sites for hydroxylation is 1. The smallest absolute Gasteiger partial charge is 0.0705 e. The van der Waals surface area contributed by atoms with Crippen LogP contribution in [0.4, 0.5) is 0 Å². The van der Waals surface area contributed by atoms with Crippen LogP contribution in [0.15, 0.2) is 30.5 Å². The minimum absolute atomic E-state index is 0.278. The summed E-state index contributed by atoms with van der Waals surface area (Å²) < 4.78 is 5.66. The number of fused-ring (bicyclic) bond motifs is 1. The molecule has 3 nitrogen and oxygen atoms in total. The van der Waals surface area contributed by atoms with Gasteiger partial charge in [-0.2, -0.15) is 0 Å². The lowest BCUT2D eigenvalue weighted by Gasteiger charge is -2.17. The maximum absolute atomic E-state index is 5.66. The van der Waals surface area contributed by atoms with E-state index >= 15 is 0 Å². The molecule has 0 amide bonds. The largest absolute Gasteiger partial charge is 0.379 e. The van der Waals surface area contributed by atoms with E-state index in [1.807, 2.05) is 6.20 Å². The number of nitrogens with one attached hydrogen (secondary N) is 1. The Morgan fingerprint density at radius 2 is 2.28 bits per heavy atom. The second-order valence-electron chi connectivity index (χ2n) is 4.86. The van der Waals surface area contributed by atoms with Gasteiger partial charge in [0.15, 0.2) is 0 Å². The molecule has 1 aliphatic rings. The zero-order valence-electron chi connectivity index (χ0n) is 10.6. The van der Waals surface area contributed by atoms with E-state index in [-0.39, 0.29) is 6.04 Å². The third-order valence-corrected chi connectivity index (χ3v) is 3.45. The van der Waals surface area contributed by atoms with E-state index in [1.165, 1.54) is 16.5 Å². The number of ether oxygens (including phenoxy) is 1. The number of benzene rings is 1. The lowest BCUT2D eigenvalue weighted by Crippen LogP contribution is -2.23. The van der Waals surface area contributed by atoms with Crippen molar-refractivity contribution in [2.24, 2.45) is 0 Å². The van der Waals surface area contributed by atoms with E-state index in [0.29, 0.717) is 0 Å². The van der Waals surface area contributed by atoms with Crippen LogP contribution in [-0.2, 0) is 4.74 Å². The third-order valence-electron chi connectivity index (χ3n) is 3.45. The van der Waals surface area contributed by atoms with Crippen molar-refractivity contribution in [2.45, 2.75) is 19.4 Å². The van der Waals surface area contributed by atoms with Crippen LogP contribution in [0, 0.1) is 6.92 Å². The molecule has 2 heterocycles. The van der Waals surface area contributed by atoms with E-state index in [4.69, 9.17) is 4.74 Å². The maximum atomic E-state index is 5.66. The highest BCUT2D eigenvalue weighted by Gasteiger charge is 2.16. The summed E-state index contributed by atoms with van der Waals surface area (Å²) in [7, 11) is 0. The van der Waals surface area contributed by atoms with Gasteiger partial charge >= 0.3 is 0 Å². The molecule has 3 rings (SSSR count). The van der Waals surface area contributed by atoms with Crippen LogP contribution in [0.1, 0.15) is 23.6 Å². The molecule has 0 bridgehead atoms. The van der Waals surface area contributed by atoms with Crippen molar-refractivity contribution < 1.29 is 4.74 Å². The highest BCUT2D eigenvalue weighted by molar-refractivity contribution is 5.83. The molecule has 1 saturated heterocycles. The highest BCUT2D eigenvalue weighted by Crippen LogP contribution is 2.25. The summed E-state index contributed by atoms with van der Waals surface area (Å²) in [6, 6.07) is 8.79. The predicted octanol–water partition coefficient (Wildman–Crippen LogP) is 2.59. The molecule has 1 fully saturated rings. The summed E-state index contributed by atoms with van der Waals surface area (Å²) in [6.07, 6.45) is 2.97. The van der Waals surface area contributed by atoms with Crippen LogP contribution in [0.2, 0.25) is 0 Å². The minimum atomic E-state index is 0.278. The van der Waals surface area contributed by atoms with E-state index in [9.17, 15) is 0 Å². The molecule has 1 aliphatic heterocycles. The van der Waals surface area contributed by atoms with Gasteiger partial charge in [-0.1, -0.05) is 11.6 Å². The number of aromatic nitrogens is 1. The Labute approximate surface area is 107 Å². The van der Waals surface area contributed by atoms with Crippen molar-refractivity contribution in [3.63, 3.8) is 0 Å². The maximum Gasteiger partial charge on any atom is 0.0705 e. The van der Waals surface area contributed by atoms with Crippen LogP contribution in [0.5, 0.6) is 0 Å². The molecule has 3 heteroatoms. The molecule has 1 N–H and O–H groups in total. The lowest BCUT2D eigenvalue weighted by atomic mass is 10.0. The first-order valence-electron chi connectivity index (χ1n) is 6.51. The van der Waals surface area contributed by atoms with Crippen LogP contribution >= 0.6 is 0 Å². The average Bonchev–Trinajstić information content (AvgIpc) is 2.67. The van der Waals surface area contributed by atoms with Gasteiger partial charge < -0.3 is 10.1 Å². The van der Waals surface area contributed by atoms with Gasteiger partial charge in [-0.15, -0.1) is 0 Å². The summed E-state index contributed by atoms with van der Waals surface area (Å²) in [5.41, 5.74) is 3.63. The van der Waals surface area contributed by atoms with Crippen LogP contribution in [0.25, 0.3) is 10.9 Å². The zero-order chi connectivity index (χ0) is 12.4. The summed E-state index contributed by atoms with van der Waals surface area (Å²) in [4.78, 5) is 4.43.